The Kier molecular flexibility index (Phi) is 3.66. The highest BCUT2D eigenvalue weighted by atomic mass is 79.9. The van der Waals surface area contributed by atoms with Crippen LogP contribution in [0.4, 0.5) is 0 Å². The molecule has 0 saturated carbocycles. The van der Waals surface area contributed by atoms with E-state index in [4.69, 9.17) is 4.42 Å². The molecule has 82 valence electrons. The van der Waals surface area contributed by atoms with E-state index in [0.717, 1.165) is 19.0 Å². The van der Waals surface area contributed by atoms with Crippen molar-refractivity contribution in [2.75, 3.05) is 0 Å². The van der Waals surface area contributed by atoms with Gasteiger partial charge in [0.15, 0.2) is 12.0 Å². The number of hydrogen-bond donors (Lipinski definition) is 0. The van der Waals surface area contributed by atoms with Gasteiger partial charge in [0.05, 0.1) is 0 Å². The number of benzene rings is 1. The van der Waals surface area contributed by atoms with E-state index in [2.05, 4.69) is 47.8 Å². The zero-order valence-electron chi connectivity index (χ0n) is 7.84. The molecule has 5 heteroatoms. The van der Waals surface area contributed by atoms with E-state index in [-0.39, 0.29) is 0 Å². The molecule has 0 unspecified atom stereocenters. The van der Waals surface area contributed by atoms with Gasteiger partial charge in [-0.15, -0.1) is 0 Å². The van der Waals surface area contributed by atoms with E-state index in [1.54, 1.807) is 12.1 Å². The summed E-state index contributed by atoms with van der Waals surface area (Å²) >= 11 is 10.3. The Balaban J connectivity index is 2.52. The average Bonchev–Trinajstić information content (AvgIpc) is 2.73. The first kappa shape index (κ1) is 12.1. The van der Waals surface area contributed by atoms with Gasteiger partial charge in [-0.1, -0.05) is 0 Å². The highest BCUT2D eigenvalue weighted by molar-refractivity contribution is 9.14. The minimum Gasteiger partial charge on any atom is -0.453 e. The summed E-state index contributed by atoms with van der Waals surface area (Å²) in [6, 6.07) is 7.25. The summed E-state index contributed by atoms with van der Waals surface area (Å²) in [5.41, 5.74) is 0.898. The van der Waals surface area contributed by atoms with Crippen molar-refractivity contribution in [2.24, 2.45) is 0 Å². The molecule has 0 aliphatic carbocycles. The van der Waals surface area contributed by atoms with Crippen molar-refractivity contribution in [1.29, 1.82) is 0 Å². The minimum absolute atomic E-state index is 0.324. The molecule has 0 aliphatic rings. The van der Waals surface area contributed by atoms with Crippen molar-refractivity contribution in [3.05, 3.63) is 43.4 Å². The van der Waals surface area contributed by atoms with Crippen molar-refractivity contribution in [2.45, 2.75) is 0 Å². The van der Waals surface area contributed by atoms with Gasteiger partial charge in [-0.25, -0.2) is 0 Å². The van der Waals surface area contributed by atoms with Crippen molar-refractivity contribution in [1.82, 2.24) is 0 Å². The number of carbonyl (C=O) groups is 1. The number of carbonyl (C=O) groups excluding carboxylic acids is 1. The summed E-state index contributed by atoms with van der Waals surface area (Å²) in [5, 5.41) is 0. The third kappa shape index (κ3) is 2.31. The van der Waals surface area contributed by atoms with Crippen LogP contribution in [0.15, 0.2) is 42.1 Å². The van der Waals surface area contributed by atoms with Crippen molar-refractivity contribution >= 4 is 54.1 Å². The molecule has 1 heterocycles. The fourth-order valence-corrected chi connectivity index (χ4v) is 2.68. The molecule has 1 aromatic heterocycles. The quantitative estimate of drug-likeness (QED) is 0.514. The summed E-state index contributed by atoms with van der Waals surface area (Å²) in [7, 11) is 0. The van der Waals surface area contributed by atoms with Crippen LogP contribution in [0, 0.1) is 0 Å². The normalized spacial score (nSPS) is 10.4. The summed E-state index contributed by atoms with van der Waals surface area (Å²) in [5.74, 6) is 0.987. The molecule has 0 aliphatic heterocycles. The first-order valence-corrected chi connectivity index (χ1v) is 6.69. The minimum atomic E-state index is 0.324. The predicted octanol–water partition coefficient (Wildman–Crippen LogP) is 5.05. The maximum Gasteiger partial charge on any atom is 0.185 e. The lowest BCUT2D eigenvalue weighted by Gasteiger charge is -2.03. The predicted molar refractivity (Wildman–Crippen MR) is 72.6 cm³/mol. The molecular weight excluding hydrogens is 404 g/mol. The van der Waals surface area contributed by atoms with Crippen molar-refractivity contribution < 1.29 is 9.21 Å². The lowest BCUT2D eigenvalue weighted by atomic mass is 10.2. The fourth-order valence-electron chi connectivity index (χ4n) is 1.27. The molecule has 2 nitrogen and oxygen atoms in total. The summed E-state index contributed by atoms with van der Waals surface area (Å²) < 4.78 is 8.12. The number of aldehydes is 1. The van der Waals surface area contributed by atoms with Gasteiger partial charge in [-0.05, 0) is 72.1 Å². The highest BCUT2D eigenvalue weighted by Gasteiger charge is 2.09. The number of furan rings is 1. The highest BCUT2D eigenvalue weighted by Crippen LogP contribution is 2.36. The molecule has 0 radical (unpaired) electrons. The van der Waals surface area contributed by atoms with Crippen LogP contribution in [-0.4, -0.2) is 6.29 Å². The maximum absolute atomic E-state index is 10.5. The molecular formula is C11H5Br3O2. The molecule has 2 aromatic rings. The second-order valence-corrected chi connectivity index (χ2v) is 5.58. The van der Waals surface area contributed by atoms with E-state index < -0.39 is 0 Å². The zero-order valence-corrected chi connectivity index (χ0v) is 12.6. The molecule has 16 heavy (non-hydrogen) atoms. The lowest BCUT2D eigenvalue weighted by molar-refractivity contribution is 0.110. The Hall–Kier alpha value is -0.390. The molecule has 0 bridgehead atoms. The van der Waals surface area contributed by atoms with Crippen LogP contribution in [-0.2, 0) is 0 Å². The van der Waals surface area contributed by atoms with E-state index in [0.29, 0.717) is 17.8 Å². The third-order valence-corrected chi connectivity index (χ3v) is 5.18. The number of halogens is 3. The van der Waals surface area contributed by atoms with Crippen molar-refractivity contribution in [3.63, 3.8) is 0 Å². The Labute approximate surface area is 117 Å². The monoisotopic (exact) mass is 406 g/mol. The third-order valence-electron chi connectivity index (χ3n) is 2.01. The van der Waals surface area contributed by atoms with E-state index in [1.165, 1.54) is 0 Å². The molecule has 0 fully saturated rings. The van der Waals surface area contributed by atoms with Crippen LogP contribution in [0.3, 0.4) is 0 Å². The Morgan fingerprint density at radius 2 is 1.69 bits per heavy atom. The van der Waals surface area contributed by atoms with Crippen molar-refractivity contribution in [3.8, 4) is 11.3 Å². The van der Waals surface area contributed by atoms with Gasteiger partial charge in [0.1, 0.15) is 5.76 Å². The second kappa shape index (κ2) is 4.85. The van der Waals surface area contributed by atoms with Gasteiger partial charge in [-0.2, -0.15) is 0 Å². The Morgan fingerprint density at radius 1 is 1.06 bits per heavy atom. The average molecular weight is 409 g/mol. The molecule has 0 amide bonds. The summed E-state index contributed by atoms with van der Waals surface area (Å²) in [4.78, 5) is 10.5. The SMILES string of the molecule is O=Cc1ccc(-c2cc(Br)c(Br)c(Br)c2)o1. The molecule has 0 N–H and O–H groups in total. The van der Waals surface area contributed by atoms with Gasteiger partial charge in [0.2, 0.25) is 0 Å². The Bertz CT molecular complexity index is 523. The summed E-state index contributed by atoms with van der Waals surface area (Å²) in [6.45, 7) is 0. The second-order valence-electron chi connectivity index (χ2n) is 3.07. The molecule has 2 rings (SSSR count). The van der Waals surface area contributed by atoms with E-state index in [1.807, 2.05) is 12.1 Å². The lowest BCUT2D eigenvalue weighted by Crippen LogP contribution is -1.78. The number of hydrogen-bond acceptors (Lipinski definition) is 2. The van der Waals surface area contributed by atoms with Gasteiger partial charge in [-0.3, -0.25) is 4.79 Å². The molecule has 0 atom stereocenters. The smallest absolute Gasteiger partial charge is 0.185 e. The first-order chi connectivity index (χ1) is 7.61. The fraction of sp³-hybridized carbons (Fsp3) is 0. The van der Waals surface area contributed by atoms with Crippen LogP contribution in [0.2, 0.25) is 0 Å². The van der Waals surface area contributed by atoms with Gasteiger partial charge in [0, 0.05) is 19.0 Å². The van der Waals surface area contributed by atoms with Crippen LogP contribution in [0.25, 0.3) is 11.3 Å². The topological polar surface area (TPSA) is 30.2 Å². The molecule has 0 spiro atoms. The summed E-state index contributed by atoms with van der Waals surface area (Å²) in [6.07, 6.45) is 0.687. The first-order valence-electron chi connectivity index (χ1n) is 4.31. The van der Waals surface area contributed by atoms with Gasteiger partial charge < -0.3 is 4.42 Å². The van der Waals surface area contributed by atoms with Crippen LogP contribution >= 0.6 is 47.8 Å². The van der Waals surface area contributed by atoms with Crippen LogP contribution < -0.4 is 0 Å². The van der Waals surface area contributed by atoms with Crippen LogP contribution in [0.5, 0.6) is 0 Å². The maximum atomic E-state index is 10.5. The van der Waals surface area contributed by atoms with Gasteiger partial charge in [0.25, 0.3) is 0 Å². The van der Waals surface area contributed by atoms with E-state index in [9.17, 15) is 4.79 Å². The molecule has 1 aromatic carbocycles. The molecule has 0 saturated heterocycles. The largest absolute Gasteiger partial charge is 0.453 e. The Morgan fingerprint density at radius 3 is 2.19 bits per heavy atom. The van der Waals surface area contributed by atoms with E-state index >= 15 is 0 Å². The van der Waals surface area contributed by atoms with Gasteiger partial charge >= 0.3 is 0 Å². The number of rotatable bonds is 2. The van der Waals surface area contributed by atoms with Crippen LogP contribution in [0.1, 0.15) is 10.6 Å². The zero-order chi connectivity index (χ0) is 11.7. The standard InChI is InChI=1S/C11H5Br3O2/c12-8-3-6(4-9(13)11(8)14)10-2-1-7(5-15)16-10/h1-5H.